The molecule has 0 saturated carbocycles. The van der Waals surface area contributed by atoms with E-state index in [1.807, 2.05) is 36.4 Å². The third kappa shape index (κ3) is 4.48. The van der Waals surface area contributed by atoms with Gasteiger partial charge in [-0.05, 0) is 49.7 Å². The molecule has 0 atom stereocenters. The Morgan fingerprint density at radius 1 is 0.885 bits per heavy atom. The van der Waals surface area contributed by atoms with Crippen LogP contribution in [0.4, 0.5) is 11.4 Å². The van der Waals surface area contributed by atoms with Gasteiger partial charge in [0.2, 0.25) is 0 Å². The molecule has 0 radical (unpaired) electrons. The summed E-state index contributed by atoms with van der Waals surface area (Å²) in [5.74, 6) is 1.67. The Balaban J connectivity index is 1.68. The van der Waals surface area contributed by atoms with E-state index in [1.165, 1.54) is 0 Å². The van der Waals surface area contributed by atoms with Crippen molar-refractivity contribution >= 4 is 23.0 Å². The van der Waals surface area contributed by atoms with E-state index in [9.17, 15) is 0 Å². The van der Waals surface area contributed by atoms with E-state index in [-0.39, 0.29) is 13.2 Å². The molecule has 1 aliphatic heterocycles. The van der Waals surface area contributed by atoms with Crippen molar-refractivity contribution in [3.8, 4) is 11.5 Å². The lowest BCUT2D eigenvalue weighted by Gasteiger charge is -2.33. The molecular formula is C20H25ClN2O3. The lowest BCUT2D eigenvalue weighted by Crippen LogP contribution is -2.31. The van der Waals surface area contributed by atoms with Crippen molar-refractivity contribution in [3.05, 3.63) is 47.5 Å². The van der Waals surface area contributed by atoms with Gasteiger partial charge in [0.15, 0.2) is 11.5 Å². The van der Waals surface area contributed by atoms with Crippen molar-refractivity contribution in [3.63, 3.8) is 0 Å². The third-order valence-corrected chi connectivity index (χ3v) is 4.76. The molecule has 2 N–H and O–H groups in total. The number of ether oxygens (including phenoxy) is 1. The molecule has 2 aromatic rings. The number of aliphatic hydroxyl groups excluding tert-OH is 2. The highest BCUT2D eigenvalue weighted by molar-refractivity contribution is 6.31. The van der Waals surface area contributed by atoms with E-state index in [4.69, 9.17) is 26.6 Å². The topological polar surface area (TPSA) is 56.2 Å². The first kappa shape index (κ1) is 19.0. The average Bonchev–Trinajstić information content (AvgIpc) is 2.65. The van der Waals surface area contributed by atoms with Crippen LogP contribution in [0, 0.1) is 0 Å². The molecule has 0 bridgehead atoms. The minimum atomic E-state index is 0.114. The van der Waals surface area contributed by atoms with Gasteiger partial charge in [0.05, 0.1) is 24.6 Å². The molecular weight excluding hydrogens is 352 g/mol. The highest BCUT2D eigenvalue weighted by Gasteiger charge is 2.23. The monoisotopic (exact) mass is 376 g/mol. The van der Waals surface area contributed by atoms with Gasteiger partial charge < -0.3 is 19.8 Å². The second kappa shape index (κ2) is 9.24. The molecule has 0 saturated heterocycles. The van der Waals surface area contributed by atoms with E-state index >= 15 is 0 Å². The first-order chi connectivity index (χ1) is 12.7. The Labute approximate surface area is 159 Å². The Kier molecular flexibility index (Phi) is 6.74. The number of benzene rings is 2. The second-order valence-electron chi connectivity index (χ2n) is 6.33. The van der Waals surface area contributed by atoms with Crippen molar-refractivity contribution in [2.75, 3.05) is 44.3 Å². The predicted octanol–water partition coefficient (Wildman–Crippen LogP) is 3.65. The van der Waals surface area contributed by atoms with Crippen molar-refractivity contribution in [2.45, 2.75) is 12.8 Å². The predicted molar refractivity (Wildman–Crippen MR) is 105 cm³/mol. The largest absolute Gasteiger partial charge is 0.453 e. The van der Waals surface area contributed by atoms with Crippen LogP contribution in [0.1, 0.15) is 12.8 Å². The second-order valence-corrected chi connectivity index (χ2v) is 6.77. The minimum absolute atomic E-state index is 0.114. The summed E-state index contributed by atoms with van der Waals surface area (Å²) in [7, 11) is 0. The highest BCUT2D eigenvalue weighted by Crippen LogP contribution is 2.47. The van der Waals surface area contributed by atoms with Crippen molar-refractivity contribution in [2.24, 2.45) is 0 Å². The van der Waals surface area contributed by atoms with Gasteiger partial charge in [0.1, 0.15) is 0 Å². The molecule has 3 rings (SSSR count). The third-order valence-electron chi connectivity index (χ3n) is 4.53. The number of unbranched alkanes of at least 4 members (excludes halogenated alkanes) is 1. The molecule has 140 valence electrons. The summed E-state index contributed by atoms with van der Waals surface area (Å²) >= 11 is 6.21. The lowest BCUT2D eigenvalue weighted by atomic mass is 10.1. The van der Waals surface area contributed by atoms with E-state index < -0.39 is 0 Å². The van der Waals surface area contributed by atoms with Gasteiger partial charge in [0.25, 0.3) is 0 Å². The molecule has 0 amide bonds. The molecule has 0 aromatic heterocycles. The summed E-state index contributed by atoms with van der Waals surface area (Å²) in [6, 6.07) is 13.7. The fraction of sp³-hybridized carbons (Fsp3) is 0.400. The van der Waals surface area contributed by atoms with Gasteiger partial charge in [0, 0.05) is 24.7 Å². The van der Waals surface area contributed by atoms with Crippen LogP contribution in [0.5, 0.6) is 11.5 Å². The SMILES string of the molecule is OCCN(CCO)CCCCN1c2ccccc2Oc2ccc(Cl)cc21. The quantitative estimate of drug-likeness (QED) is 0.654. The molecule has 2 aromatic carbocycles. The Morgan fingerprint density at radius 3 is 2.38 bits per heavy atom. The summed E-state index contributed by atoms with van der Waals surface area (Å²) < 4.78 is 6.01. The van der Waals surface area contributed by atoms with Crippen molar-refractivity contribution in [1.29, 1.82) is 0 Å². The number of hydrogen-bond acceptors (Lipinski definition) is 5. The molecule has 0 spiro atoms. The average molecular weight is 377 g/mol. The summed E-state index contributed by atoms with van der Waals surface area (Å²) in [5.41, 5.74) is 2.03. The molecule has 5 nitrogen and oxygen atoms in total. The highest BCUT2D eigenvalue weighted by atomic mass is 35.5. The standard InChI is InChI=1S/C20H25ClN2O3/c21-16-7-8-20-18(15-16)23(17-5-1-2-6-19(17)26-20)10-4-3-9-22(11-13-24)12-14-25/h1-2,5-8,15,24-25H,3-4,9-14H2. The Hall–Kier alpha value is -1.79. The van der Waals surface area contributed by atoms with Crippen LogP contribution in [0.15, 0.2) is 42.5 Å². The van der Waals surface area contributed by atoms with E-state index in [0.29, 0.717) is 18.1 Å². The van der Waals surface area contributed by atoms with Crippen molar-refractivity contribution in [1.82, 2.24) is 4.90 Å². The van der Waals surface area contributed by atoms with Crippen LogP contribution in [-0.4, -0.2) is 54.5 Å². The van der Waals surface area contributed by atoms with Gasteiger partial charge in [-0.3, -0.25) is 4.90 Å². The summed E-state index contributed by atoms with van der Waals surface area (Å²) in [4.78, 5) is 4.33. The maximum absolute atomic E-state index is 9.11. The van der Waals surface area contributed by atoms with Gasteiger partial charge in [-0.15, -0.1) is 0 Å². The molecule has 6 heteroatoms. The molecule has 1 aliphatic rings. The Morgan fingerprint density at radius 2 is 1.62 bits per heavy atom. The normalized spacial score (nSPS) is 12.7. The van der Waals surface area contributed by atoms with E-state index in [2.05, 4.69) is 15.9 Å². The first-order valence-corrected chi connectivity index (χ1v) is 9.39. The van der Waals surface area contributed by atoms with Gasteiger partial charge >= 0.3 is 0 Å². The van der Waals surface area contributed by atoms with Crippen molar-refractivity contribution < 1.29 is 14.9 Å². The van der Waals surface area contributed by atoms with E-state index in [0.717, 1.165) is 48.8 Å². The van der Waals surface area contributed by atoms with Crippen LogP contribution in [0.25, 0.3) is 0 Å². The summed E-state index contributed by atoms with van der Waals surface area (Å²) in [5, 5.41) is 18.9. The Bertz CT molecular complexity index is 720. The van der Waals surface area contributed by atoms with E-state index in [1.54, 1.807) is 0 Å². The molecule has 0 aliphatic carbocycles. The molecule has 0 fully saturated rings. The number of hydrogen-bond donors (Lipinski definition) is 2. The minimum Gasteiger partial charge on any atom is -0.453 e. The number of para-hydroxylation sites is 2. The number of halogens is 1. The zero-order valence-electron chi connectivity index (χ0n) is 14.8. The van der Waals surface area contributed by atoms with Crippen LogP contribution in [-0.2, 0) is 0 Å². The number of rotatable bonds is 9. The number of fused-ring (bicyclic) bond motifs is 2. The van der Waals surface area contributed by atoms with Gasteiger partial charge in [-0.1, -0.05) is 23.7 Å². The fourth-order valence-electron chi connectivity index (χ4n) is 3.27. The number of nitrogens with zero attached hydrogens (tertiary/aromatic N) is 2. The maximum Gasteiger partial charge on any atom is 0.151 e. The first-order valence-electron chi connectivity index (χ1n) is 9.01. The lowest BCUT2D eigenvalue weighted by molar-refractivity contribution is 0.159. The summed E-state index contributed by atoms with van der Waals surface area (Å²) in [6.07, 6.45) is 1.96. The van der Waals surface area contributed by atoms with Crippen LogP contribution in [0.3, 0.4) is 0 Å². The molecule has 1 heterocycles. The fourth-order valence-corrected chi connectivity index (χ4v) is 3.43. The smallest absolute Gasteiger partial charge is 0.151 e. The summed E-state index contributed by atoms with van der Waals surface area (Å²) in [6.45, 7) is 3.12. The van der Waals surface area contributed by atoms with Gasteiger partial charge in [-0.2, -0.15) is 0 Å². The molecule has 26 heavy (non-hydrogen) atoms. The zero-order chi connectivity index (χ0) is 18.4. The van der Waals surface area contributed by atoms with Crippen LogP contribution in [0.2, 0.25) is 5.02 Å². The van der Waals surface area contributed by atoms with Gasteiger partial charge in [-0.25, -0.2) is 0 Å². The maximum atomic E-state index is 9.11. The van der Waals surface area contributed by atoms with Crippen LogP contribution >= 0.6 is 11.6 Å². The number of aliphatic hydroxyl groups is 2. The zero-order valence-corrected chi connectivity index (χ0v) is 15.5. The molecule has 0 unspecified atom stereocenters. The number of anilines is 2. The van der Waals surface area contributed by atoms with Crippen LogP contribution < -0.4 is 9.64 Å².